The Morgan fingerprint density at radius 2 is 2.00 bits per heavy atom. The highest BCUT2D eigenvalue weighted by Gasteiger charge is 2.19. The topological polar surface area (TPSA) is 55.1 Å². The predicted octanol–water partition coefficient (Wildman–Crippen LogP) is 3.46. The molecule has 1 aromatic carbocycles. The first-order chi connectivity index (χ1) is 9.38. The van der Waals surface area contributed by atoms with E-state index in [4.69, 9.17) is 4.42 Å². The molecule has 0 bridgehead atoms. The summed E-state index contributed by atoms with van der Waals surface area (Å²) in [5.74, 6) is 0.511. The van der Waals surface area contributed by atoms with Gasteiger partial charge in [0.1, 0.15) is 5.76 Å². The van der Waals surface area contributed by atoms with Crippen LogP contribution in [0.1, 0.15) is 37.8 Å². The number of aryl methyl sites for hydroxylation is 1. The molecular formula is C16H20N2O2. The van der Waals surface area contributed by atoms with Crippen molar-refractivity contribution in [3.8, 4) is 0 Å². The van der Waals surface area contributed by atoms with Gasteiger partial charge in [-0.1, -0.05) is 39.0 Å². The van der Waals surface area contributed by atoms with Gasteiger partial charge in [-0.15, -0.1) is 0 Å². The summed E-state index contributed by atoms with van der Waals surface area (Å²) in [7, 11) is 0. The maximum absolute atomic E-state index is 12.1. The number of hydrogen-bond donors (Lipinski definition) is 1. The van der Waals surface area contributed by atoms with Gasteiger partial charge in [-0.3, -0.25) is 4.79 Å². The summed E-state index contributed by atoms with van der Waals surface area (Å²) in [6.45, 7) is 8.20. The number of oxazole rings is 1. The average Bonchev–Trinajstić information content (AvgIpc) is 2.74. The Balaban J connectivity index is 2.15. The SMILES string of the molecule is Cc1ncoc1CC(=O)Nc1ccccc1C(C)(C)C. The fourth-order valence-electron chi connectivity index (χ4n) is 2.08. The summed E-state index contributed by atoms with van der Waals surface area (Å²) in [6, 6.07) is 7.86. The zero-order chi connectivity index (χ0) is 14.8. The van der Waals surface area contributed by atoms with Crippen molar-refractivity contribution >= 4 is 11.6 Å². The van der Waals surface area contributed by atoms with Gasteiger partial charge in [0.2, 0.25) is 5.91 Å². The van der Waals surface area contributed by atoms with Gasteiger partial charge in [-0.25, -0.2) is 4.98 Å². The van der Waals surface area contributed by atoms with Gasteiger partial charge < -0.3 is 9.73 Å². The van der Waals surface area contributed by atoms with Gasteiger partial charge in [0, 0.05) is 5.69 Å². The van der Waals surface area contributed by atoms with Crippen LogP contribution in [0.5, 0.6) is 0 Å². The number of benzene rings is 1. The lowest BCUT2D eigenvalue weighted by molar-refractivity contribution is -0.115. The number of anilines is 1. The van der Waals surface area contributed by atoms with Crippen LogP contribution in [0.3, 0.4) is 0 Å². The molecule has 2 rings (SSSR count). The van der Waals surface area contributed by atoms with Crippen LogP contribution < -0.4 is 5.32 Å². The van der Waals surface area contributed by atoms with Gasteiger partial charge in [0.25, 0.3) is 0 Å². The number of para-hydroxylation sites is 1. The largest absolute Gasteiger partial charge is 0.448 e. The van der Waals surface area contributed by atoms with Crippen molar-refractivity contribution in [2.45, 2.75) is 39.5 Å². The molecule has 0 unspecified atom stereocenters. The second kappa shape index (κ2) is 5.49. The molecule has 0 aliphatic rings. The molecule has 1 amide bonds. The molecule has 2 aromatic rings. The number of aromatic nitrogens is 1. The number of carbonyl (C=O) groups excluding carboxylic acids is 1. The molecule has 0 aliphatic heterocycles. The third-order valence-corrected chi connectivity index (χ3v) is 3.18. The van der Waals surface area contributed by atoms with Crippen molar-refractivity contribution in [3.63, 3.8) is 0 Å². The Morgan fingerprint density at radius 1 is 1.30 bits per heavy atom. The fraction of sp³-hybridized carbons (Fsp3) is 0.375. The third-order valence-electron chi connectivity index (χ3n) is 3.18. The predicted molar refractivity (Wildman–Crippen MR) is 78.7 cm³/mol. The fourth-order valence-corrected chi connectivity index (χ4v) is 2.08. The summed E-state index contributed by atoms with van der Waals surface area (Å²) in [5.41, 5.74) is 2.69. The average molecular weight is 272 g/mol. The molecule has 0 saturated heterocycles. The van der Waals surface area contributed by atoms with E-state index in [1.807, 2.05) is 31.2 Å². The molecule has 1 heterocycles. The molecule has 0 aliphatic carbocycles. The first-order valence-corrected chi connectivity index (χ1v) is 6.66. The molecule has 0 atom stereocenters. The highest BCUT2D eigenvalue weighted by Crippen LogP contribution is 2.29. The molecule has 4 nitrogen and oxygen atoms in total. The lowest BCUT2D eigenvalue weighted by atomic mass is 9.86. The van der Waals surface area contributed by atoms with Gasteiger partial charge in [-0.2, -0.15) is 0 Å². The molecule has 106 valence electrons. The monoisotopic (exact) mass is 272 g/mol. The van der Waals surface area contributed by atoms with Gasteiger partial charge in [0.05, 0.1) is 12.1 Å². The Bertz CT molecular complexity index is 609. The van der Waals surface area contributed by atoms with E-state index < -0.39 is 0 Å². The number of rotatable bonds is 3. The van der Waals surface area contributed by atoms with Crippen molar-refractivity contribution in [2.24, 2.45) is 0 Å². The van der Waals surface area contributed by atoms with Crippen LogP contribution >= 0.6 is 0 Å². The summed E-state index contributed by atoms with van der Waals surface area (Å²) >= 11 is 0. The van der Waals surface area contributed by atoms with E-state index in [0.717, 1.165) is 16.9 Å². The summed E-state index contributed by atoms with van der Waals surface area (Å²) in [5, 5.41) is 2.96. The second-order valence-electron chi connectivity index (χ2n) is 5.88. The molecule has 0 saturated carbocycles. The van der Waals surface area contributed by atoms with E-state index in [2.05, 4.69) is 31.1 Å². The van der Waals surface area contributed by atoms with Crippen molar-refractivity contribution < 1.29 is 9.21 Å². The Hall–Kier alpha value is -2.10. The molecule has 1 N–H and O–H groups in total. The molecule has 4 heteroatoms. The molecule has 0 fully saturated rings. The Labute approximate surface area is 119 Å². The molecular weight excluding hydrogens is 252 g/mol. The molecule has 0 spiro atoms. The maximum Gasteiger partial charge on any atom is 0.232 e. The summed E-state index contributed by atoms with van der Waals surface area (Å²) in [4.78, 5) is 16.1. The highest BCUT2D eigenvalue weighted by atomic mass is 16.3. The smallest absolute Gasteiger partial charge is 0.232 e. The van der Waals surface area contributed by atoms with Crippen molar-refractivity contribution in [1.82, 2.24) is 4.98 Å². The van der Waals surface area contributed by atoms with Crippen LogP contribution in [-0.4, -0.2) is 10.9 Å². The van der Waals surface area contributed by atoms with Crippen LogP contribution in [0.25, 0.3) is 0 Å². The van der Waals surface area contributed by atoms with E-state index >= 15 is 0 Å². The third kappa shape index (κ3) is 3.26. The lowest BCUT2D eigenvalue weighted by Gasteiger charge is -2.22. The highest BCUT2D eigenvalue weighted by molar-refractivity contribution is 5.93. The number of hydrogen-bond acceptors (Lipinski definition) is 3. The van der Waals surface area contributed by atoms with Crippen LogP contribution in [-0.2, 0) is 16.6 Å². The van der Waals surface area contributed by atoms with E-state index in [0.29, 0.717) is 5.76 Å². The Kier molecular flexibility index (Phi) is 3.93. The van der Waals surface area contributed by atoms with Crippen LogP contribution in [0.15, 0.2) is 35.1 Å². The number of amides is 1. The van der Waals surface area contributed by atoms with Crippen LogP contribution in [0, 0.1) is 6.92 Å². The van der Waals surface area contributed by atoms with Crippen molar-refractivity contribution in [2.75, 3.05) is 5.32 Å². The summed E-state index contributed by atoms with van der Waals surface area (Å²) < 4.78 is 5.20. The first-order valence-electron chi connectivity index (χ1n) is 6.66. The second-order valence-corrected chi connectivity index (χ2v) is 5.88. The number of nitrogens with one attached hydrogen (secondary N) is 1. The minimum atomic E-state index is -0.0958. The zero-order valence-electron chi connectivity index (χ0n) is 12.4. The molecule has 20 heavy (non-hydrogen) atoms. The van der Waals surface area contributed by atoms with Gasteiger partial charge in [-0.05, 0) is 24.0 Å². The molecule has 1 aromatic heterocycles. The quantitative estimate of drug-likeness (QED) is 0.931. The van der Waals surface area contributed by atoms with E-state index in [-0.39, 0.29) is 17.7 Å². The normalized spacial score (nSPS) is 11.4. The lowest BCUT2D eigenvalue weighted by Crippen LogP contribution is -2.20. The number of carbonyl (C=O) groups is 1. The van der Waals surface area contributed by atoms with Gasteiger partial charge in [0.15, 0.2) is 6.39 Å². The van der Waals surface area contributed by atoms with E-state index in [1.54, 1.807) is 0 Å². The first kappa shape index (κ1) is 14.3. The van der Waals surface area contributed by atoms with Crippen LogP contribution in [0.2, 0.25) is 0 Å². The van der Waals surface area contributed by atoms with E-state index in [9.17, 15) is 4.79 Å². The Morgan fingerprint density at radius 3 is 2.60 bits per heavy atom. The van der Waals surface area contributed by atoms with Gasteiger partial charge >= 0.3 is 0 Å². The van der Waals surface area contributed by atoms with Crippen molar-refractivity contribution in [3.05, 3.63) is 47.7 Å². The standard InChI is InChI=1S/C16H20N2O2/c1-11-14(20-10-17-11)9-15(19)18-13-8-6-5-7-12(13)16(2,3)4/h5-8,10H,9H2,1-4H3,(H,18,19). The minimum absolute atomic E-state index is 0.0218. The molecule has 0 radical (unpaired) electrons. The zero-order valence-corrected chi connectivity index (χ0v) is 12.4. The maximum atomic E-state index is 12.1. The minimum Gasteiger partial charge on any atom is -0.448 e. The summed E-state index contributed by atoms with van der Waals surface area (Å²) in [6.07, 6.45) is 1.56. The van der Waals surface area contributed by atoms with Crippen LogP contribution in [0.4, 0.5) is 5.69 Å². The van der Waals surface area contributed by atoms with Crippen molar-refractivity contribution in [1.29, 1.82) is 0 Å². The van der Waals surface area contributed by atoms with E-state index in [1.165, 1.54) is 6.39 Å². The number of nitrogens with zero attached hydrogens (tertiary/aromatic N) is 1.